The van der Waals surface area contributed by atoms with Crippen LogP contribution in [0.1, 0.15) is 13.8 Å². The maximum atomic E-state index is 10.3. The van der Waals surface area contributed by atoms with Crippen LogP contribution in [0.4, 0.5) is 0 Å². The monoisotopic (exact) mass is 158 g/mol. The Balaban J connectivity index is 3.92. The number of hydrogen-bond acceptors (Lipinski definition) is 3. The van der Waals surface area contributed by atoms with Crippen LogP contribution in [0.25, 0.3) is 0 Å². The van der Waals surface area contributed by atoms with Gasteiger partial charge in [-0.15, -0.1) is 0 Å². The van der Waals surface area contributed by atoms with Crippen molar-refractivity contribution in [3.05, 3.63) is 11.6 Å². The zero-order chi connectivity index (χ0) is 8.85. The molecule has 0 aliphatic carbocycles. The Bertz CT molecular complexity index is 193. The number of carboxylic acids is 1. The van der Waals surface area contributed by atoms with Gasteiger partial charge in [-0.1, -0.05) is 6.08 Å². The van der Waals surface area contributed by atoms with Gasteiger partial charge in [-0.2, -0.15) is 0 Å². The van der Waals surface area contributed by atoms with Crippen molar-refractivity contribution in [1.82, 2.24) is 0 Å². The molecule has 0 atom stereocenters. The van der Waals surface area contributed by atoms with Crippen molar-refractivity contribution < 1.29 is 19.4 Å². The van der Waals surface area contributed by atoms with E-state index in [1.165, 1.54) is 13.0 Å². The molecule has 4 heteroatoms. The normalized spacial score (nSPS) is 10.9. The number of aliphatic carboxylic acids is 1. The van der Waals surface area contributed by atoms with E-state index in [1.807, 2.05) is 0 Å². The molecule has 0 fully saturated rings. The minimum atomic E-state index is -1.06. The summed E-state index contributed by atoms with van der Waals surface area (Å²) in [5.74, 6) is -1.54. The highest BCUT2D eigenvalue weighted by Gasteiger charge is 2.06. The van der Waals surface area contributed by atoms with Gasteiger partial charge in [0.2, 0.25) is 0 Å². The van der Waals surface area contributed by atoms with Crippen LogP contribution in [-0.4, -0.2) is 23.7 Å². The van der Waals surface area contributed by atoms with E-state index < -0.39 is 11.9 Å². The fourth-order valence-corrected chi connectivity index (χ4v) is 0.448. The molecule has 4 nitrogen and oxygen atoms in total. The smallest absolute Gasteiger partial charge is 0.334 e. The average Bonchev–Trinajstić information content (AvgIpc) is 1.87. The largest absolute Gasteiger partial charge is 0.478 e. The Morgan fingerprint density at radius 3 is 2.36 bits per heavy atom. The Hall–Kier alpha value is -1.32. The third kappa shape index (κ3) is 4.13. The van der Waals surface area contributed by atoms with E-state index in [0.29, 0.717) is 0 Å². The summed E-state index contributed by atoms with van der Waals surface area (Å²) in [6, 6.07) is 0. The second kappa shape index (κ2) is 4.49. The number of allylic oxidation sites excluding steroid dienone is 1. The van der Waals surface area contributed by atoms with Gasteiger partial charge >= 0.3 is 11.9 Å². The Morgan fingerprint density at radius 1 is 1.55 bits per heavy atom. The molecule has 0 heterocycles. The van der Waals surface area contributed by atoms with Crippen LogP contribution in [0.5, 0.6) is 0 Å². The Labute approximate surface area is 64.5 Å². The molecule has 0 saturated heterocycles. The molecule has 0 unspecified atom stereocenters. The lowest BCUT2D eigenvalue weighted by Gasteiger charge is -2.00. The second-order valence-corrected chi connectivity index (χ2v) is 1.90. The standard InChI is InChI=1S/C7H10O4/c1-3-6(7(9)10)4-11-5(2)8/h3H,4H2,1-2H3,(H,9,10). The minimum Gasteiger partial charge on any atom is -0.478 e. The molecule has 0 amide bonds. The number of carbonyl (C=O) groups is 2. The fraction of sp³-hybridized carbons (Fsp3) is 0.429. The van der Waals surface area contributed by atoms with E-state index in [1.54, 1.807) is 6.92 Å². The second-order valence-electron chi connectivity index (χ2n) is 1.90. The van der Waals surface area contributed by atoms with Crippen LogP contribution in [0.3, 0.4) is 0 Å². The summed E-state index contributed by atoms with van der Waals surface area (Å²) < 4.78 is 4.47. The summed E-state index contributed by atoms with van der Waals surface area (Å²) in [6.07, 6.45) is 1.39. The van der Waals surface area contributed by atoms with E-state index in [-0.39, 0.29) is 12.2 Å². The predicted molar refractivity (Wildman–Crippen MR) is 38.0 cm³/mol. The molecular weight excluding hydrogens is 148 g/mol. The molecule has 0 aliphatic heterocycles. The lowest BCUT2D eigenvalue weighted by molar-refractivity contribution is -0.141. The van der Waals surface area contributed by atoms with Gasteiger partial charge in [0.05, 0.1) is 5.57 Å². The highest BCUT2D eigenvalue weighted by molar-refractivity contribution is 5.87. The molecule has 0 saturated carbocycles. The minimum absolute atomic E-state index is 0.0835. The van der Waals surface area contributed by atoms with E-state index >= 15 is 0 Å². The molecule has 62 valence electrons. The van der Waals surface area contributed by atoms with Gasteiger partial charge in [-0.3, -0.25) is 4.79 Å². The lowest BCUT2D eigenvalue weighted by Crippen LogP contribution is -2.10. The van der Waals surface area contributed by atoms with Crippen LogP contribution in [0, 0.1) is 0 Å². The first-order chi connectivity index (χ1) is 5.07. The topological polar surface area (TPSA) is 63.6 Å². The van der Waals surface area contributed by atoms with Gasteiger partial charge in [-0.25, -0.2) is 4.79 Å². The van der Waals surface area contributed by atoms with Gasteiger partial charge in [0.15, 0.2) is 0 Å². The van der Waals surface area contributed by atoms with Gasteiger partial charge in [0.1, 0.15) is 6.61 Å². The summed E-state index contributed by atoms with van der Waals surface area (Å²) in [7, 11) is 0. The first-order valence-electron chi connectivity index (χ1n) is 3.09. The van der Waals surface area contributed by atoms with Crippen molar-refractivity contribution in [2.75, 3.05) is 6.61 Å². The van der Waals surface area contributed by atoms with Crippen molar-refractivity contribution in [3.63, 3.8) is 0 Å². The molecule has 11 heavy (non-hydrogen) atoms. The van der Waals surface area contributed by atoms with Gasteiger partial charge in [0, 0.05) is 6.92 Å². The zero-order valence-electron chi connectivity index (χ0n) is 6.46. The highest BCUT2D eigenvalue weighted by atomic mass is 16.5. The van der Waals surface area contributed by atoms with Crippen molar-refractivity contribution >= 4 is 11.9 Å². The molecule has 0 rings (SSSR count). The van der Waals surface area contributed by atoms with Crippen molar-refractivity contribution in [2.45, 2.75) is 13.8 Å². The molecular formula is C7H10O4. The maximum Gasteiger partial charge on any atom is 0.334 e. The summed E-state index contributed by atoms with van der Waals surface area (Å²) in [5.41, 5.74) is 0.0835. The zero-order valence-corrected chi connectivity index (χ0v) is 6.46. The van der Waals surface area contributed by atoms with Crippen LogP contribution in [-0.2, 0) is 14.3 Å². The van der Waals surface area contributed by atoms with E-state index in [0.717, 1.165) is 0 Å². The Morgan fingerprint density at radius 2 is 2.09 bits per heavy atom. The molecule has 0 aromatic rings. The van der Waals surface area contributed by atoms with Crippen molar-refractivity contribution in [2.24, 2.45) is 0 Å². The maximum absolute atomic E-state index is 10.3. The molecule has 1 N–H and O–H groups in total. The summed E-state index contributed by atoms with van der Waals surface area (Å²) in [6.45, 7) is 2.64. The fourth-order valence-electron chi connectivity index (χ4n) is 0.448. The van der Waals surface area contributed by atoms with Gasteiger partial charge < -0.3 is 9.84 Å². The molecule has 0 radical (unpaired) electrons. The molecule has 0 aliphatic rings. The number of rotatable bonds is 3. The molecule has 0 aromatic carbocycles. The quantitative estimate of drug-likeness (QED) is 0.482. The number of carbonyl (C=O) groups excluding carboxylic acids is 1. The van der Waals surface area contributed by atoms with Crippen LogP contribution in [0.15, 0.2) is 11.6 Å². The predicted octanol–water partition coefficient (Wildman–Crippen LogP) is 0.580. The van der Waals surface area contributed by atoms with Gasteiger partial charge in [-0.05, 0) is 6.92 Å². The van der Waals surface area contributed by atoms with Gasteiger partial charge in [0.25, 0.3) is 0 Å². The van der Waals surface area contributed by atoms with E-state index in [2.05, 4.69) is 4.74 Å². The van der Waals surface area contributed by atoms with Crippen LogP contribution in [0.2, 0.25) is 0 Å². The lowest BCUT2D eigenvalue weighted by atomic mass is 10.3. The number of esters is 1. The van der Waals surface area contributed by atoms with Crippen molar-refractivity contribution in [1.29, 1.82) is 0 Å². The first-order valence-corrected chi connectivity index (χ1v) is 3.09. The Kier molecular flexibility index (Phi) is 3.95. The first kappa shape index (κ1) is 9.68. The SMILES string of the molecule is CC=C(COC(C)=O)C(=O)O. The van der Waals surface area contributed by atoms with Crippen LogP contribution < -0.4 is 0 Å². The van der Waals surface area contributed by atoms with E-state index in [4.69, 9.17) is 5.11 Å². The molecule has 0 aromatic heterocycles. The summed E-state index contributed by atoms with van der Waals surface area (Å²) in [4.78, 5) is 20.5. The summed E-state index contributed by atoms with van der Waals surface area (Å²) in [5, 5.41) is 8.43. The molecule has 0 bridgehead atoms. The number of hydrogen-bond donors (Lipinski definition) is 1. The summed E-state index contributed by atoms with van der Waals surface area (Å²) >= 11 is 0. The third-order valence-electron chi connectivity index (χ3n) is 1.05. The third-order valence-corrected chi connectivity index (χ3v) is 1.05. The average molecular weight is 158 g/mol. The van der Waals surface area contributed by atoms with Crippen LogP contribution >= 0.6 is 0 Å². The van der Waals surface area contributed by atoms with E-state index in [9.17, 15) is 9.59 Å². The van der Waals surface area contributed by atoms with Crippen molar-refractivity contribution in [3.8, 4) is 0 Å². The number of ether oxygens (including phenoxy) is 1. The molecule has 0 spiro atoms. The number of carboxylic acid groups (broad SMARTS) is 1. The highest BCUT2D eigenvalue weighted by Crippen LogP contribution is 1.95.